The fourth-order valence-corrected chi connectivity index (χ4v) is 3.68. The van der Waals surface area contributed by atoms with Gasteiger partial charge < -0.3 is 0 Å². The zero-order chi connectivity index (χ0) is 14.0. The van der Waals surface area contributed by atoms with Gasteiger partial charge in [-0.1, -0.05) is 35.3 Å². The average molecular weight is 381 g/mol. The van der Waals surface area contributed by atoms with Crippen molar-refractivity contribution in [1.82, 2.24) is 0 Å². The Hall–Kier alpha value is -0.750. The Morgan fingerprint density at radius 3 is 2.42 bits per heavy atom. The molecule has 100 valence electrons. The van der Waals surface area contributed by atoms with Crippen LogP contribution in [0.15, 0.2) is 51.8 Å². The van der Waals surface area contributed by atoms with Crippen molar-refractivity contribution in [2.24, 2.45) is 0 Å². The summed E-state index contributed by atoms with van der Waals surface area (Å²) < 4.78 is 27.5. The van der Waals surface area contributed by atoms with E-state index in [1.165, 1.54) is 18.2 Å². The molecule has 0 aliphatic rings. The van der Waals surface area contributed by atoms with Crippen LogP contribution >= 0.6 is 39.1 Å². The normalized spacial score (nSPS) is 11.3. The first-order valence-corrected chi connectivity index (χ1v) is 8.16. The molecule has 0 amide bonds. The topological polar surface area (TPSA) is 46.2 Å². The van der Waals surface area contributed by atoms with E-state index in [0.717, 1.165) is 0 Å². The van der Waals surface area contributed by atoms with Gasteiger partial charge in [0.15, 0.2) is 0 Å². The van der Waals surface area contributed by atoms with E-state index in [4.69, 9.17) is 23.2 Å². The highest BCUT2D eigenvalue weighted by atomic mass is 79.9. The Balaban J connectivity index is 2.43. The fraction of sp³-hybridized carbons (Fsp3) is 0. The van der Waals surface area contributed by atoms with Crippen LogP contribution in [0.25, 0.3) is 0 Å². The van der Waals surface area contributed by atoms with Crippen LogP contribution in [0.3, 0.4) is 0 Å². The third-order valence-corrected chi connectivity index (χ3v) is 5.09. The van der Waals surface area contributed by atoms with Gasteiger partial charge in [0.05, 0.1) is 10.7 Å². The second-order valence-electron chi connectivity index (χ2n) is 3.66. The molecule has 0 radical (unpaired) electrons. The molecular weight excluding hydrogens is 373 g/mol. The Kier molecular flexibility index (Phi) is 4.40. The molecule has 19 heavy (non-hydrogen) atoms. The molecule has 2 aromatic rings. The number of benzene rings is 2. The standard InChI is InChI=1S/C12H8BrCl2NO2S/c13-9-6-5-8(14)7-11(9)16-19(17,18)12-4-2-1-3-10(12)15/h1-7,16H. The lowest BCUT2D eigenvalue weighted by molar-refractivity contribution is 0.601. The number of sulfonamides is 1. The van der Waals surface area contributed by atoms with Gasteiger partial charge in [0.25, 0.3) is 10.0 Å². The summed E-state index contributed by atoms with van der Waals surface area (Å²) in [6, 6.07) is 11.0. The Bertz CT molecular complexity index is 719. The number of nitrogens with one attached hydrogen (secondary N) is 1. The minimum absolute atomic E-state index is 0.0172. The van der Waals surface area contributed by atoms with Crippen LogP contribution in [0.5, 0.6) is 0 Å². The molecule has 0 heterocycles. The maximum absolute atomic E-state index is 12.2. The quantitative estimate of drug-likeness (QED) is 0.848. The van der Waals surface area contributed by atoms with Gasteiger partial charge in [0.1, 0.15) is 4.90 Å². The van der Waals surface area contributed by atoms with E-state index < -0.39 is 10.0 Å². The lowest BCUT2D eigenvalue weighted by Gasteiger charge is -2.11. The molecular formula is C12H8BrCl2NO2S. The fourth-order valence-electron chi connectivity index (χ4n) is 1.44. The van der Waals surface area contributed by atoms with E-state index in [1.54, 1.807) is 24.3 Å². The van der Waals surface area contributed by atoms with Crippen LogP contribution in [0.2, 0.25) is 10.0 Å². The summed E-state index contributed by atoms with van der Waals surface area (Å²) in [6.45, 7) is 0. The van der Waals surface area contributed by atoms with Crippen molar-refractivity contribution in [3.63, 3.8) is 0 Å². The van der Waals surface area contributed by atoms with E-state index in [2.05, 4.69) is 20.7 Å². The monoisotopic (exact) mass is 379 g/mol. The summed E-state index contributed by atoms with van der Waals surface area (Å²) >= 11 is 15.0. The zero-order valence-corrected chi connectivity index (χ0v) is 13.3. The first kappa shape index (κ1) is 14.7. The van der Waals surface area contributed by atoms with E-state index in [1.807, 2.05) is 0 Å². The first-order chi connectivity index (χ1) is 8.90. The molecule has 7 heteroatoms. The maximum atomic E-state index is 12.2. The molecule has 0 atom stereocenters. The maximum Gasteiger partial charge on any atom is 0.263 e. The summed E-state index contributed by atoms with van der Waals surface area (Å²) in [6.07, 6.45) is 0. The van der Waals surface area contributed by atoms with E-state index >= 15 is 0 Å². The molecule has 0 saturated heterocycles. The number of hydrogen-bond donors (Lipinski definition) is 1. The van der Waals surface area contributed by atoms with Gasteiger partial charge in [-0.15, -0.1) is 0 Å². The van der Waals surface area contributed by atoms with Gasteiger partial charge in [-0.05, 0) is 46.3 Å². The van der Waals surface area contributed by atoms with Crippen LogP contribution in [0, 0.1) is 0 Å². The molecule has 1 N–H and O–H groups in total. The summed E-state index contributed by atoms with van der Waals surface area (Å²) in [4.78, 5) is 0.0172. The highest BCUT2D eigenvalue weighted by molar-refractivity contribution is 9.10. The minimum atomic E-state index is -3.75. The van der Waals surface area contributed by atoms with Crippen LogP contribution in [0.4, 0.5) is 5.69 Å². The predicted molar refractivity (Wildman–Crippen MR) is 81.4 cm³/mol. The third kappa shape index (κ3) is 3.42. The number of rotatable bonds is 3. The third-order valence-electron chi connectivity index (χ3n) is 2.30. The Morgan fingerprint density at radius 2 is 1.74 bits per heavy atom. The Morgan fingerprint density at radius 1 is 1.05 bits per heavy atom. The Labute approximate surface area is 129 Å². The van der Waals surface area contributed by atoms with Gasteiger partial charge in [0.2, 0.25) is 0 Å². The van der Waals surface area contributed by atoms with Crippen LogP contribution < -0.4 is 4.72 Å². The summed E-state index contributed by atoms with van der Waals surface area (Å²) in [5.41, 5.74) is 0.354. The molecule has 2 rings (SSSR count). The van der Waals surface area contributed by atoms with Gasteiger partial charge >= 0.3 is 0 Å². The molecule has 0 unspecified atom stereocenters. The molecule has 0 aromatic heterocycles. The van der Waals surface area contributed by atoms with Crippen molar-refractivity contribution in [2.75, 3.05) is 4.72 Å². The van der Waals surface area contributed by atoms with E-state index in [9.17, 15) is 8.42 Å². The average Bonchev–Trinajstić information content (AvgIpc) is 2.34. The molecule has 0 aliphatic carbocycles. The highest BCUT2D eigenvalue weighted by Crippen LogP contribution is 2.29. The van der Waals surface area contributed by atoms with Crippen LogP contribution in [-0.4, -0.2) is 8.42 Å². The first-order valence-electron chi connectivity index (χ1n) is 5.12. The molecule has 0 fully saturated rings. The lowest BCUT2D eigenvalue weighted by Crippen LogP contribution is -2.13. The van der Waals surface area contributed by atoms with Crippen LogP contribution in [-0.2, 0) is 10.0 Å². The highest BCUT2D eigenvalue weighted by Gasteiger charge is 2.18. The predicted octanol–water partition coefficient (Wildman–Crippen LogP) is 4.56. The second kappa shape index (κ2) is 5.71. The molecule has 0 spiro atoms. The SMILES string of the molecule is O=S(=O)(Nc1cc(Cl)ccc1Br)c1ccccc1Cl. The minimum Gasteiger partial charge on any atom is -0.278 e. The van der Waals surface area contributed by atoms with Crippen molar-refractivity contribution in [3.8, 4) is 0 Å². The summed E-state index contributed by atoms with van der Waals surface area (Å²) in [7, 11) is -3.75. The van der Waals surface area contributed by atoms with Crippen LogP contribution in [0.1, 0.15) is 0 Å². The number of hydrogen-bond acceptors (Lipinski definition) is 2. The molecule has 3 nitrogen and oxygen atoms in total. The zero-order valence-electron chi connectivity index (χ0n) is 9.40. The smallest absolute Gasteiger partial charge is 0.263 e. The van der Waals surface area contributed by atoms with Crippen molar-refractivity contribution in [3.05, 3.63) is 57.0 Å². The van der Waals surface area contributed by atoms with Crippen molar-refractivity contribution in [2.45, 2.75) is 4.90 Å². The molecule has 2 aromatic carbocycles. The van der Waals surface area contributed by atoms with Gasteiger partial charge in [-0.25, -0.2) is 8.42 Å². The largest absolute Gasteiger partial charge is 0.278 e. The number of halogens is 3. The van der Waals surface area contributed by atoms with Crippen molar-refractivity contribution in [1.29, 1.82) is 0 Å². The van der Waals surface area contributed by atoms with Gasteiger partial charge in [-0.3, -0.25) is 4.72 Å². The van der Waals surface area contributed by atoms with Crippen molar-refractivity contribution < 1.29 is 8.42 Å². The van der Waals surface area contributed by atoms with Crippen molar-refractivity contribution >= 4 is 54.8 Å². The second-order valence-corrected chi connectivity index (χ2v) is 7.01. The lowest BCUT2D eigenvalue weighted by atomic mass is 10.3. The van der Waals surface area contributed by atoms with Gasteiger partial charge in [-0.2, -0.15) is 0 Å². The molecule has 0 bridgehead atoms. The molecule has 0 aliphatic heterocycles. The summed E-state index contributed by atoms with van der Waals surface area (Å²) in [5.74, 6) is 0. The number of anilines is 1. The van der Waals surface area contributed by atoms with Gasteiger partial charge in [0, 0.05) is 9.50 Å². The molecule has 0 saturated carbocycles. The van der Waals surface area contributed by atoms with E-state index in [0.29, 0.717) is 15.2 Å². The summed E-state index contributed by atoms with van der Waals surface area (Å²) in [5, 5.41) is 0.591. The van der Waals surface area contributed by atoms with E-state index in [-0.39, 0.29) is 9.92 Å².